The van der Waals surface area contributed by atoms with Crippen LogP contribution in [0.25, 0.3) is 5.52 Å². The normalized spacial score (nSPS) is 15.2. The van der Waals surface area contributed by atoms with Crippen LogP contribution >= 0.6 is 0 Å². The Morgan fingerprint density at radius 2 is 1.81 bits per heavy atom. The van der Waals surface area contributed by atoms with E-state index in [1.165, 1.54) is 10.5 Å². The van der Waals surface area contributed by atoms with Gasteiger partial charge in [0.15, 0.2) is 0 Å². The third-order valence-electron chi connectivity index (χ3n) is 4.98. The van der Waals surface area contributed by atoms with Crippen LogP contribution < -0.4 is 10.5 Å². The summed E-state index contributed by atoms with van der Waals surface area (Å²) >= 11 is 0. The van der Waals surface area contributed by atoms with E-state index in [0.717, 1.165) is 42.9 Å². The number of hydrogen-bond acceptors (Lipinski definition) is 5. The SMILES string of the molecule is O=C(O)c1cc(CN2CCN(c3ccncc3)CC2)c2ccccn2c1=O. The minimum absolute atomic E-state index is 0.191. The van der Waals surface area contributed by atoms with Crippen molar-refractivity contribution in [3.05, 3.63) is 76.5 Å². The number of piperazine rings is 1. The number of aromatic carboxylic acids is 1. The zero-order valence-corrected chi connectivity index (χ0v) is 14.8. The van der Waals surface area contributed by atoms with E-state index >= 15 is 0 Å². The minimum atomic E-state index is -1.19. The third kappa shape index (κ3) is 3.41. The van der Waals surface area contributed by atoms with Gasteiger partial charge in [-0.05, 0) is 35.9 Å². The molecule has 0 spiro atoms. The molecule has 0 unspecified atom stereocenters. The average Bonchev–Trinajstić information content (AvgIpc) is 2.71. The Balaban J connectivity index is 1.57. The fourth-order valence-corrected chi connectivity index (χ4v) is 3.56. The molecule has 0 aromatic carbocycles. The van der Waals surface area contributed by atoms with Crippen molar-refractivity contribution in [2.45, 2.75) is 6.54 Å². The van der Waals surface area contributed by atoms with Crippen LogP contribution in [0.15, 0.2) is 59.8 Å². The van der Waals surface area contributed by atoms with E-state index in [0.29, 0.717) is 6.54 Å². The van der Waals surface area contributed by atoms with Gasteiger partial charge in [0, 0.05) is 57.0 Å². The van der Waals surface area contributed by atoms with Gasteiger partial charge >= 0.3 is 5.97 Å². The standard InChI is InChI=1S/C20H20N4O3/c25-19-17(20(26)27)13-15(18-3-1-2-8-24(18)19)14-22-9-11-23(12-10-22)16-4-6-21-7-5-16/h1-8,13H,9-12,14H2,(H,26,27). The van der Waals surface area contributed by atoms with Crippen molar-refractivity contribution in [3.63, 3.8) is 0 Å². The predicted molar refractivity (Wildman–Crippen MR) is 102 cm³/mol. The van der Waals surface area contributed by atoms with Gasteiger partial charge in [0.2, 0.25) is 0 Å². The van der Waals surface area contributed by atoms with Gasteiger partial charge in [-0.15, -0.1) is 0 Å². The Labute approximate surface area is 156 Å². The lowest BCUT2D eigenvalue weighted by molar-refractivity contribution is 0.0694. The molecule has 1 aliphatic heterocycles. The highest BCUT2D eigenvalue weighted by atomic mass is 16.4. The fraction of sp³-hybridized carbons (Fsp3) is 0.250. The first-order chi connectivity index (χ1) is 13.1. The Morgan fingerprint density at radius 1 is 1.07 bits per heavy atom. The van der Waals surface area contributed by atoms with Gasteiger partial charge in [-0.25, -0.2) is 4.79 Å². The summed E-state index contributed by atoms with van der Waals surface area (Å²) < 4.78 is 1.42. The van der Waals surface area contributed by atoms with Gasteiger partial charge in [-0.1, -0.05) is 6.07 Å². The van der Waals surface area contributed by atoms with E-state index in [1.54, 1.807) is 24.7 Å². The first kappa shape index (κ1) is 17.2. The lowest BCUT2D eigenvalue weighted by atomic mass is 10.1. The maximum atomic E-state index is 12.4. The molecule has 1 saturated heterocycles. The molecule has 0 saturated carbocycles. The van der Waals surface area contributed by atoms with Gasteiger partial charge in [0.1, 0.15) is 5.56 Å². The Hall–Kier alpha value is -3.19. The zero-order valence-electron chi connectivity index (χ0n) is 14.8. The summed E-state index contributed by atoms with van der Waals surface area (Å²) in [6, 6.07) is 11.0. The molecule has 4 heterocycles. The van der Waals surface area contributed by atoms with Crippen LogP contribution in [0.2, 0.25) is 0 Å². The van der Waals surface area contributed by atoms with E-state index in [2.05, 4.69) is 14.8 Å². The summed E-state index contributed by atoms with van der Waals surface area (Å²) in [5, 5.41) is 9.38. The van der Waals surface area contributed by atoms with Gasteiger partial charge < -0.3 is 10.0 Å². The van der Waals surface area contributed by atoms with Gasteiger partial charge in [-0.3, -0.25) is 19.1 Å². The van der Waals surface area contributed by atoms with Crippen LogP contribution in [0.5, 0.6) is 0 Å². The molecule has 0 atom stereocenters. The quantitative estimate of drug-likeness (QED) is 0.759. The lowest BCUT2D eigenvalue weighted by Gasteiger charge is -2.36. The number of carboxylic acid groups (broad SMARTS) is 1. The van der Waals surface area contributed by atoms with Gasteiger partial charge in [-0.2, -0.15) is 0 Å². The molecular weight excluding hydrogens is 344 g/mol. The van der Waals surface area contributed by atoms with Crippen molar-refractivity contribution in [2.24, 2.45) is 0 Å². The second-order valence-electron chi connectivity index (χ2n) is 6.62. The van der Waals surface area contributed by atoms with Gasteiger partial charge in [0.05, 0.1) is 5.52 Å². The van der Waals surface area contributed by atoms with E-state index in [4.69, 9.17) is 0 Å². The molecule has 7 heteroatoms. The molecule has 27 heavy (non-hydrogen) atoms. The summed E-state index contributed by atoms with van der Waals surface area (Å²) in [6.45, 7) is 4.12. The number of carboxylic acids is 1. The Morgan fingerprint density at radius 3 is 2.52 bits per heavy atom. The molecular formula is C20H20N4O3. The summed E-state index contributed by atoms with van der Waals surface area (Å²) in [6.07, 6.45) is 5.21. The highest BCUT2D eigenvalue weighted by Crippen LogP contribution is 2.18. The van der Waals surface area contributed by atoms with Crippen molar-refractivity contribution in [1.82, 2.24) is 14.3 Å². The van der Waals surface area contributed by atoms with Gasteiger partial charge in [0.25, 0.3) is 5.56 Å². The van der Waals surface area contributed by atoms with Crippen LogP contribution in [0, 0.1) is 0 Å². The monoisotopic (exact) mass is 364 g/mol. The molecule has 1 aliphatic rings. The number of carbonyl (C=O) groups is 1. The predicted octanol–water partition coefficient (Wildman–Crippen LogP) is 1.71. The minimum Gasteiger partial charge on any atom is -0.477 e. The van der Waals surface area contributed by atoms with E-state index < -0.39 is 11.5 Å². The number of hydrogen-bond donors (Lipinski definition) is 1. The number of rotatable bonds is 4. The van der Waals surface area contributed by atoms with Crippen molar-refractivity contribution in [3.8, 4) is 0 Å². The number of anilines is 1. The number of aromatic nitrogens is 2. The molecule has 138 valence electrons. The molecule has 1 fully saturated rings. The van der Waals surface area contributed by atoms with Crippen LogP contribution in [0.1, 0.15) is 15.9 Å². The second-order valence-corrected chi connectivity index (χ2v) is 6.62. The maximum absolute atomic E-state index is 12.4. The highest BCUT2D eigenvalue weighted by molar-refractivity contribution is 5.88. The Kier molecular flexibility index (Phi) is 4.60. The third-order valence-corrected chi connectivity index (χ3v) is 4.98. The summed E-state index contributed by atoms with van der Waals surface area (Å²) in [7, 11) is 0. The maximum Gasteiger partial charge on any atom is 0.341 e. The molecule has 7 nitrogen and oxygen atoms in total. The summed E-state index contributed by atoms with van der Waals surface area (Å²) in [4.78, 5) is 32.5. The van der Waals surface area contributed by atoms with Crippen molar-refractivity contribution in [2.75, 3.05) is 31.1 Å². The second kappa shape index (κ2) is 7.20. The molecule has 0 aliphatic carbocycles. The van der Waals surface area contributed by atoms with E-state index in [-0.39, 0.29) is 5.56 Å². The molecule has 1 N–H and O–H groups in total. The lowest BCUT2D eigenvalue weighted by Crippen LogP contribution is -2.46. The molecule has 0 amide bonds. The molecule has 0 radical (unpaired) electrons. The van der Waals surface area contributed by atoms with Crippen molar-refractivity contribution < 1.29 is 9.90 Å². The number of nitrogens with zero attached hydrogens (tertiary/aromatic N) is 4. The first-order valence-corrected chi connectivity index (χ1v) is 8.87. The van der Waals surface area contributed by atoms with Crippen molar-refractivity contribution in [1.29, 1.82) is 0 Å². The van der Waals surface area contributed by atoms with Crippen LogP contribution in [-0.2, 0) is 6.54 Å². The van der Waals surface area contributed by atoms with Crippen molar-refractivity contribution >= 4 is 17.2 Å². The number of pyridine rings is 3. The molecule has 3 aromatic heterocycles. The largest absolute Gasteiger partial charge is 0.477 e. The fourth-order valence-electron chi connectivity index (χ4n) is 3.56. The zero-order chi connectivity index (χ0) is 18.8. The molecule has 0 bridgehead atoms. The first-order valence-electron chi connectivity index (χ1n) is 8.87. The highest BCUT2D eigenvalue weighted by Gasteiger charge is 2.20. The smallest absolute Gasteiger partial charge is 0.341 e. The van der Waals surface area contributed by atoms with Crippen LogP contribution in [-0.4, -0.2) is 51.5 Å². The molecule has 4 rings (SSSR count). The topological polar surface area (TPSA) is 78.2 Å². The van der Waals surface area contributed by atoms with E-state index in [9.17, 15) is 14.7 Å². The van der Waals surface area contributed by atoms with Crippen LogP contribution in [0.4, 0.5) is 5.69 Å². The summed E-state index contributed by atoms with van der Waals surface area (Å²) in [5.74, 6) is -1.19. The average molecular weight is 364 g/mol. The van der Waals surface area contributed by atoms with Crippen LogP contribution in [0.3, 0.4) is 0 Å². The molecule has 3 aromatic rings. The number of fused-ring (bicyclic) bond motifs is 1. The summed E-state index contributed by atoms with van der Waals surface area (Å²) in [5.41, 5.74) is 2.08. The van der Waals surface area contributed by atoms with E-state index in [1.807, 2.05) is 24.3 Å². The Bertz CT molecular complexity index is 1020.